The van der Waals surface area contributed by atoms with Crippen molar-refractivity contribution >= 4 is 55.8 Å². The molecule has 2 N–H and O–H groups in total. The molecule has 7 nitrogen and oxygen atoms in total. The van der Waals surface area contributed by atoms with Crippen LogP contribution in [0, 0.1) is 6.92 Å². The molecule has 0 saturated carbocycles. The Morgan fingerprint density at radius 2 is 1.96 bits per heavy atom. The van der Waals surface area contributed by atoms with Crippen LogP contribution in [0.5, 0.6) is 5.75 Å². The largest absolute Gasteiger partial charge is 0.481 e. The third-order valence-corrected chi connectivity index (χ3v) is 4.79. The number of urea groups is 1. The lowest BCUT2D eigenvalue weighted by Gasteiger charge is -2.09. The first kappa shape index (κ1) is 21.9. The van der Waals surface area contributed by atoms with Crippen LogP contribution in [0.15, 0.2) is 50.4 Å². The number of carbonyl (C=O) groups is 2. The molecule has 0 fully saturated rings. The van der Waals surface area contributed by atoms with Crippen molar-refractivity contribution in [2.75, 3.05) is 18.5 Å². The van der Waals surface area contributed by atoms with Crippen molar-refractivity contribution in [3.05, 3.63) is 56.5 Å². The van der Waals surface area contributed by atoms with Crippen LogP contribution in [0.1, 0.15) is 18.1 Å². The number of ether oxygens (including phenoxy) is 2. The number of carbonyl (C=O) groups excluding carboxylic acids is 2. The highest BCUT2D eigenvalue weighted by molar-refractivity contribution is 9.10. The van der Waals surface area contributed by atoms with Gasteiger partial charge in [0.2, 0.25) is 0 Å². The molecule has 2 amide bonds. The van der Waals surface area contributed by atoms with Gasteiger partial charge in [-0.05, 0) is 55.8 Å². The van der Waals surface area contributed by atoms with E-state index < -0.39 is 12.0 Å². The zero-order valence-electron chi connectivity index (χ0n) is 15.3. The normalized spacial score (nSPS) is 10.6. The molecule has 2 rings (SSSR count). The number of rotatable bonds is 7. The molecule has 148 valence electrons. The summed E-state index contributed by atoms with van der Waals surface area (Å²) in [5.74, 6) is -0.0265. The Morgan fingerprint density at radius 1 is 1.18 bits per heavy atom. The smallest absolute Gasteiger partial charge is 0.344 e. The fourth-order valence-electron chi connectivity index (χ4n) is 2.13. The summed E-state index contributed by atoms with van der Waals surface area (Å²) in [7, 11) is 0. The molecule has 28 heavy (non-hydrogen) atoms. The van der Waals surface area contributed by atoms with E-state index in [9.17, 15) is 9.59 Å². The van der Waals surface area contributed by atoms with Gasteiger partial charge in [-0.2, -0.15) is 5.10 Å². The molecule has 2 aromatic carbocycles. The predicted octanol–water partition coefficient (Wildman–Crippen LogP) is 4.62. The topological polar surface area (TPSA) is 89.0 Å². The summed E-state index contributed by atoms with van der Waals surface area (Å²) < 4.78 is 12.1. The molecular weight excluding hydrogens is 494 g/mol. The summed E-state index contributed by atoms with van der Waals surface area (Å²) in [6.45, 7) is 3.72. The number of esters is 1. The highest BCUT2D eigenvalue weighted by atomic mass is 79.9. The molecule has 0 spiro atoms. The molecule has 0 radical (unpaired) electrons. The number of benzene rings is 2. The SMILES string of the molecule is CCOC(=O)COc1ccc(Br)cc1/C=N/NC(=O)Nc1ccc(Br)c(C)c1. The van der Waals surface area contributed by atoms with Gasteiger partial charge < -0.3 is 14.8 Å². The second-order valence-corrected chi connectivity index (χ2v) is 7.33. The van der Waals surface area contributed by atoms with E-state index in [4.69, 9.17) is 9.47 Å². The minimum absolute atomic E-state index is 0.215. The Morgan fingerprint density at radius 3 is 2.68 bits per heavy atom. The van der Waals surface area contributed by atoms with Gasteiger partial charge in [0, 0.05) is 20.2 Å². The summed E-state index contributed by atoms with van der Waals surface area (Å²) >= 11 is 6.78. The van der Waals surface area contributed by atoms with Gasteiger partial charge in [0.15, 0.2) is 6.61 Å². The van der Waals surface area contributed by atoms with Crippen molar-refractivity contribution in [3.8, 4) is 5.75 Å². The van der Waals surface area contributed by atoms with Gasteiger partial charge in [0.1, 0.15) is 5.75 Å². The van der Waals surface area contributed by atoms with Crippen LogP contribution in [0.3, 0.4) is 0 Å². The maximum atomic E-state index is 12.0. The van der Waals surface area contributed by atoms with E-state index in [1.54, 1.807) is 31.2 Å². The Labute approximate surface area is 179 Å². The first-order valence-electron chi connectivity index (χ1n) is 8.33. The number of anilines is 1. The molecule has 2 aromatic rings. The Kier molecular flexibility index (Phi) is 8.46. The number of nitrogens with zero attached hydrogens (tertiary/aromatic N) is 1. The number of hydrogen-bond donors (Lipinski definition) is 2. The number of halogens is 2. The Hall–Kier alpha value is -2.39. The molecule has 0 heterocycles. The molecule has 0 aromatic heterocycles. The van der Waals surface area contributed by atoms with Crippen LogP contribution in [0.2, 0.25) is 0 Å². The molecule has 0 aliphatic heterocycles. The van der Waals surface area contributed by atoms with Crippen molar-refractivity contribution in [2.45, 2.75) is 13.8 Å². The zero-order valence-corrected chi connectivity index (χ0v) is 18.5. The minimum Gasteiger partial charge on any atom is -0.481 e. The Bertz CT molecular complexity index is 887. The third kappa shape index (κ3) is 6.97. The van der Waals surface area contributed by atoms with Gasteiger partial charge in [-0.3, -0.25) is 0 Å². The number of hydrazone groups is 1. The summed E-state index contributed by atoms with van der Waals surface area (Å²) in [4.78, 5) is 23.4. The second kappa shape index (κ2) is 10.8. The number of nitrogens with one attached hydrogen (secondary N) is 2. The lowest BCUT2D eigenvalue weighted by molar-refractivity contribution is -0.145. The average molecular weight is 513 g/mol. The fraction of sp³-hybridized carbons (Fsp3) is 0.211. The van der Waals surface area contributed by atoms with Gasteiger partial charge in [-0.25, -0.2) is 15.0 Å². The maximum absolute atomic E-state index is 12.0. The molecule has 0 aliphatic carbocycles. The van der Waals surface area contributed by atoms with Crippen LogP contribution < -0.4 is 15.5 Å². The number of aryl methyl sites for hydroxylation is 1. The van der Waals surface area contributed by atoms with Crippen molar-refractivity contribution < 1.29 is 19.1 Å². The van der Waals surface area contributed by atoms with E-state index in [2.05, 4.69) is 47.7 Å². The quantitative estimate of drug-likeness (QED) is 0.322. The van der Waals surface area contributed by atoms with E-state index in [1.165, 1.54) is 6.21 Å². The van der Waals surface area contributed by atoms with Crippen molar-refractivity contribution in [2.24, 2.45) is 5.10 Å². The van der Waals surface area contributed by atoms with Crippen LogP contribution in [-0.2, 0) is 9.53 Å². The zero-order chi connectivity index (χ0) is 20.5. The minimum atomic E-state index is -0.484. The predicted molar refractivity (Wildman–Crippen MR) is 115 cm³/mol. The lowest BCUT2D eigenvalue weighted by atomic mass is 10.2. The van der Waals surface area contributed by atoms with Gasteiger partial charge in [0.05, 0.1) is 12.8 Å². The van der Waals surface area contributed by atoms with E-state index in [0.717, 1.165) is 14.5 Å². The van der Waals surface area contributed by atoms with Gasteiger partial charge >= 0.3 is 12.0 Å². The second-order valence-electron chi connectivity index (χ2n) is 5.56. The first-order valence-corrected chi connectivity index (χ1v) is 9.92. The van der Waals surface area contributed by atoms with E-state index in [1.807, 2.05) is 19.1 Å². The van der Waals surface area contributed by atoms with Crippen LogP contribution >= 0.6 is 31.9 Å². The molecule has 0 aliphatic rings. The van der Waals surface area contributed by atoms with Gasteiger partial charge in [0.25, 0.3) is 0 Å². The van der Waals surface area contributed by atoms with Crippen LogP contribution in [0.4, 0.5) is 10.5 Å². The van der Waals surface area contributed by atoms with Crippen LogP contribution in [0.25, 0.3) is 0 Å². The number of hydrogen-bond acceptors (Lipinski definition) is 5. The molecular formula is C19H19Br2N3O4. The van der Waals surface area contributed by atoms with E-state index >= 15 is 0 Å². The Balaban J connectivity index is 1.98. The lowest BCUT2D eigenvalue weighted by Crippen LogP contribution is -2.24. The number of amides is 2. The molecule has 0 saturated heterocycles. The fourth-order valence-corrected chi connectivity index (χ4v) is 2.76. The molecule has 9 heteroatoms. The monoisotopic (exact) mass is 511 g/mol. The molecule has 0 unspecified atom stereocenters. The molecule has 0 bridgehead atoms. The highest BCUT2D eigenvalue weighted by Crippen LogP contribution is 2.22. The van der Waals surface area contributed by atoms with Crippen molar-refractivity contribution in [3.63, 3.8) is 0 Å². The molecule has 0 atom stereocenters. The first-order chi connectivity index (χ1) is 13.4. The summed E-state index contributed by atoms with van der Waals surface area (Å²) in [5, 5.41) is 6.62. The highest BCUT2D eigenvalue weighted by Gasteiger charge is 2.08. The van der Waals surface area contributed by atoms with Crippen molar-refractivity contribution in [1.82, 2.24) is 5.43 Å². The van der Waals surface area contributed by atoms with Gasteiger partial charge in [-0.1, -0.05) is 31.9 Å². The summed E-state index contributed by atoms with van der Waals surface area (Å²) in [5.41, 5.74) is 4.62. The van der Waals surface area contributed by atoms with E-state index in [-0.39, 0.29) is 13.2 Å². The summed E-state index contributed by atoms with van der Waals surface area (Å²) in [6, 6.07) is 10.2. The standard InChI is InChI=1S/C19H19Br2N3O4/c1-3-27-18(25)11-28-17-7-4-14(20)9-13(17)10-22-24-19(26)23-15-5-6-16(21)12(2)8-15/h4-10H,3,11H2,1-2H3,(H2,23,24,26)/b22-10+. The van der Waals surface area contributed by atoms with E-state index in [0.29, 0.717) is 17.0 Å². The van der Waals surface area contributed by atoms with Crippen LogP contribution in [-0.4, -0.2) is 31.4 Å². The third-order valence-electron chi connectivity index (χ3n) is 3.41. The summed E-state index contributed by atoms with van der Waals surface area (Å²) in [6.07, 6.45) is 1.43. The van der Waals surface area contributed by atoms with Gasteiger partial charge in [-0.15, -0.1) is 0 Å². The average Bonchev–Trinajstić information content (AvgIpc) is 2.64. The van der Waals surface area contributed by atoms with Crippen molar-refractivity contribution in [1.29, 1.82) is 0 Å². The maximum Gasteiger partial charge on any atom is 0.344 e.